The van der Waals surface area contributed by atoms with Gasteiger partial charge in [-0.3, -0.25) is 0 Å². The molecule has 0 aliphatic carbocycles. The molecular formula is C17H28BrNO. The monoisotopic (exact) mass is 341 g/mol. The third-order valence-corrected chi connectivity index (χ3v) is 4.10. The van der Waals surface area contributed by atoms with Crippen molar-refractivity contribution in [2.24, 2.45) is 5.41 Å². The predicted molar refractivity (Wildman–Crippen MR) is 90.4 cm³/mol. The van der Waals surface area contributed by atoms with Crippen molar-refractivity contribution in [3.8, 4) is 5.75 Å². The number of benzene rings is 1. The second-order valence-electron chi connectivity index (χ2n) is 5.79. The standard InChI is InChI=1S/C17H28BrNO/c1-4-9-17(3,14-19-11-5-2)10-12-20-16-8-6-7-15(18)13-16/h6-8,13,19H,4-5,9-12,14H2,1-3H3. The molecule has 0 aliphatic heterocycles. The number of hydrogen-bond donors (Lipinski definition) is 1. The fraction of sp³-hybridized carbons (Fsp3) is 0.647. The molecule has 0 saturated heterocycles. The molecule has 0 bridgehead atoms. The molecule has 1 aromatic rings. The van der Waals surface area contributed by atoms with E-state index in [9.17, 15) is 0 Å². The van der Waals surface area contributed by atoms with E-state index in [-0.39, 0.29) is 0 Å². The lowest BCUT2D eigenvalue weighted by molar-refractivity contribution is 0.193. The van der Waals surface area contributed by atoms with Crippen molar-refractivity contribution in [3.05, 3.63) is 28.7 Å². The maximum Gasteiger partial charge on any atom is 0.120 e. The fourth-order valence-corrected chi connectivity index (χ4v) is 2.82. The smallest absolute Gasteiger partial charge is 0.120 e. The van der Waals surface area contributed by atoms with Crippen LogP contribution in [0.5, 0.6) is 5.75 Å². The van der Waals surface area contributed by atoms with E-state index in [1.807, 2.05) is 24.3 Å². The SMILES string of the molecule is CCCNCC(C)(CCC)CCOc1cccc(Br)c1. The van der Waals surface area contributed by atoms with Gasteiger partial charge in [0.1, 0.15) is 5.75 Å². The molecule has 114 valence electrons. The average molecular weight is 342 g/mol. The number of hydrogen-bond acceptors (Lipinski definition) is 2. The van der Waals surface area contributed by atoms with E-state index in [1.54, 1.807) is 0 Å². The summed E-state index contributed by atoms with van der Waals surface area (Å²) in [7, 11) is 0. The fourth-order valence-electron chi connectivity index (χ4n) is 2.44. The Morgan fingerprint density at radius 2 is 2.00 bits per heavy atom. The Bertz CT molecular complexity index is 383. The minimum absolute atomic E-state index is 0.329. The zero-order valence-electron chi connectivity index (χ0n) is 13.0. The van der Waals surface area contributed by atoms with Gasteiger partial charge in [-0.25, -0.2) is 0 Å². The summed E-state index contributed by atoms with van der Waals surface area (Å²) in [6.45, 7) is 9.79. The van der Waals surface area contributed by atoms with E-state index >= 15 is 0 Å². The van der Waals surface area contributed by atoms with Crippen molar-refractivity contribution in [1.29, 1.82) is 0 Å². The maximum atomic E-state index is 5.88. The molecule has 0 heterocycles. The van der Waals surface area contributed by atoms with E-state index < -0.39 is 0 Å². The highest BCUT2D eigenvalue weighted by molar-refractivity contribution is 9.10. The van der Waals surface area contributed by atoms with Crippen LogP contribution in [0.15, 0.2) is 28.7 Å². The van der Waals surface area contributed by atoms with E-state index in [4.69, 9.17) is 4.74 Å². The lowest BCUT2D eigenvalue weighted by Gasteiger charge is -2.29. The summed E-state index contributed by atoms with van der Waals surface area (Å²) < 4.78 is 6.94. The Balaban J connectivity index is 2.41. The molecule has 0 aliphatic rings. The molecule has 1 N–H and O–H groups in total. The van der Waals surface area contributed by atoms with Gasteiger partial charge in [-0.1, -0.05) is 49.2 Å². The summed E-state index contributed by atoms with van der Waals surface area (Å²) in [4.78, 5) is 0. The largest absolute Gasteiger partial charge is 0.494 e. The first-order valence-electron chi connectivity index (χ1n) is 7.69. The quantitative estimate of drug-likeness (QED) is 0.603. The second kappa shape index (κ2) is 9.41. The van der Waals surface area contributed by atoms with Gasteiger partial charge in [0, 0.05) is 11.0 Å². The van der Waals surface area contributed by atoms with Gasteiger partial charge in [-0.15, -0.1) is 0 Å². The molecule has 20 heavy (non-hydrogen) atoms. The summed E-state index contributed by atoms with van der Waals surface area (Å²) in [6.07, 6.45) is 4.74. The molecular weight excluding hydrogens is 314 g/mol. The third kappa shape index (κ3) is 6.76. The second-order valence-corrected chi connectivity index (χ2v) is 6.71. The van der Waals surface area contributed by atoms with Gasteiger partial charge >= 0.3 is 0 Å². The molecule has 1 rings (SSSR count). The Morgan fingerprint density at radius 1 is 1.20 bits per heavy atom. The lowest BCUT2D eigenvalue weighted by Crippen LogP contribution is -2.33. The molecule has 0 amide bonds. The molecule has 3 heteroatoms. The predicted octanol–water partition coefficient (Wildman–Crippen LogP) is 5.02. The van der Waals surface area contributed by atoms with E-state index in [0.29, 0.717) is 5.41 Å². The van der Waals surface area contributed by atoms with Crippen LogP contribution in [0.25, 0.3) is 0 Å². The highest BCUT2D eigenvalue weighted by Gasteiger charge is 2.22. The minimum atomic E-state index is 0.329. The zero-order chi connectivity index (χ0) is 14.8. The Hall–Kier alpha value is -0.540. The maximum absolute atomic E-state index is 5.88. The van der Waals surface area contributed by atoms with Crippen molar-refractivity contribution in [2.45, 2.75) is 46.5 Å². The van der Waals surface area contributed by atoms with Crippen molar-refractivity contribution >= 4 is 15.9 Å². The summed E-state index contributed by atoms with van der Waals surface area (Å²) >= 11 is 3.47. The summed E-state index contributed by atoms with van der Waals surface area (Å²) in [5.74, 6) is 0.944. The Kier molecular flexibility index (Phi) is 8.24. The van der Waals surface area contributed by atoms with Gasteiger partial charge in [0.2, 0.25) is 0 Å². The van der Waals surface area contributed by atoms with Crippen LogP contribution in [0.4, 0.5) is 0 Å². The minimum Gasteiger partial charge on any atom is -0.494 e. The van der Waals surface area contributed by atoms with Crippen LogP contribution in [0.3, 0.4) is 0 Å². The zero-order valence-corrected chi connectivity index (χ0v) is 14.6. The number of ether oxygens (including phenoxy) is 1. The summed E-state index contributed by atoms with van der Waals surface area (Å²) in [5.41, 5.74) is 0.329. The van der Waals surface area contributed by atoms with Crippen LogP contribution in [0.1, 0.15) is 46.5 Å². The van der Waals surface area contributed by atoms with Crippen LogP contribution in [0, 0.1) is 5.41 Å². The third-order valence-electron chi connectivity index (χ3n) is 3.60. The molecule has 1 unspecified atom stereocenters. The van der Waals surface area contributed by atoms with Gasteiger partial charge < -0.3 is 10.1 Å². The highest BCUT2D eigenvalue weighted by Crippen LogP contribution is 2.27. The van der Waals surface area contributed by atoms with Crippen molar-refractivity contribution in [1.82, 2.24) is 5.32 Å². The Morgan fingerprint density at radius 3 is 2.65 bits per heavy atom. The average Bonchev–Trinajstić information content (AvgIpc) is 2.39. The van der Waals surface area contributed by atoms with Crippen LogP contribution in [-0.4, -0.2) is 19.7 Å². The van der Waals surface area contributed by atoms with E-state index in [1.165, 1.54) is 19.3 Å². The first kappa shape index (κ1) is 17.5. The number of halogens is 1. The van der Waals surface area contributed by atoms with Crippen molar-refractivity contribution < 1.29 is 4.74 Å². The van der Waals surface area contributed by atoms with Crippen LogP contribution >= 0.6 is 15.9 Å². The molecule has 0 spiro atoms. The van der Waals surface area contributed by atoms with Crippen LogP contribution in [0.2, 0.25) is 0 Å². The highest BCUT2D eigenvalue weighted by atomic mass is 79.9. The molecule has 0 saturated carbocycles. The number of rotatable bonds is 10. The molecule has 2 nitrogen and oxygen atoms in total. The normalized spacial score (nSPS) is 14.0. The van der Waals surface area contributed by atoms with Crippen LogP contribution < -0.4 is 10.1 Å². The topological polar surface area (TPSA) is 21.3 Å². The summed E-state index contributed by atoms with van der Waals surface area (Å²) in [6, 6.07) is 8.06. The van der Waals surface area contributed by atoms with E-state index in [2.05, 4.69) is 42.0 Å². The van der Waals surface area contributed by atoms with Gasteiger partial charge in [0.15, 0.2) is 0 Å². The van der Waals surface area contributed by atoms with Gasteiger partial charge in [0.25, 0.3) is 0 Å². The van der Waals surface area contributed by atoms with Crippen LogP contribution in [-0.2, 0) is 0 Å². The Labute approximate surface area is 132 Å². The number of nitrogens with one attached hydrogen (secondary N) is 1. The summed E-state index contributed by atoms with van der Waals surface area (Å²) in [5, 5.41) is 3.56. The van der Waals surface area contributed by atoms with Gasteiger partial charge in [0.05, 0.1) is 6.61 Å². The molecule has 0 aromatic heterocycles. The first-order valence-corrected chi connectivity index (χ1v) is 8.48. The first-order chi connectivity index (χ1) is 9.59. The molecule has 0 radical (unpaired) electrons. The van der Waals surface area contributed by atoms with Gasteiger partial charge in [-0.05, 0) is 49.4 Å². The molecule has 1 atom stereocenters. The van der Waals surface area contributed by atoms with Gasteiger partial charge in [-0.2, -0.15) is 0 Å². The molecule has 0 fully saturated rings. The van der Waals surface area contributed by atoms with E-state index in [0.717, 1.165) is 36.3 Å². The lowest BCUT2D eigenvalue weighted by atomic mass is 9.82. The van der Waals surface area contributed by atoms with Crippen molar-refractivity contribution in [3.63, 3.8) is 0 Å². The molecule has 1 aromatic carbocycles. The van der Waals surface area contributed by atoms with Crippen molar-refractivity contribution in [2.75, 3.05) is 19.7 Å².